The normalized spacial score (nSPS) is 16.2. The zero-order chi connectivity index (χ0) is 30.4. The highest BCUT2D eigenvalue weighted by atomic mass is 16.5. The van der Waals surface area contributed by atoms with Crippen LogP contribution < -0.4 is 16.0 Å². The number of aryl methyl sites for hydroxylation is 1. The maximum atomic E-state index is 14.3. The third-order valence-electron chi connectivity index (χ3n) is 8.88. The minimum absolute atomic E-state index is 0.0726. The SMILES string of the molecule is Cc1ccc2nc(Cn3nc(-c4ccc(O)c5c4CC(C)(C)O5)c4c(N)ncnc43)n(C3(c4ccccc4)CC3)c(=O)c2c1. The van der Waals surface area contributed by atoms with Crippen LogP contribution in [0.15, 0.2) is 71.8 Å². The second-order valence-electron chi connectivity index (χ2n) is 12.5. The average molecular weight is 586 g/mol. The Morgan fingerprint density at radius 2 is 1.84 bits per heavy atom. The van der Waals surface area contributed by atoms with Gasteiger partial charge in [0.25, 0.3) is 5.56 Å². The largest absolute Gasteiger partial charge is 0.504 e. The molecular formula is C34H31N7O3. The van der Waals surface area contributed by atoms with Crippen molar-refractivity contribution in [3.8, 4) is 22.8 Å². The standard InChI is InChI=1S/C34H31N7O3/c1-19-9-11-24-22(15-19)32(43)41(34(13-14-34)20-7-5-4-6-8-20)26(38-24)17-40-31-27(30(35)36-18-37-31)28(39-40)21-10-12-25(42)29-23(21)16-33(2,3)44-29/h4-12,15,18,42H,13-14,16-17H2,1-3H3,(H2,35,36,37). The number of fused-ring (bicyclic) bond motifs is 3. The highest BCUT2D eigenvalue weighted by Gasteiger charge is 2.48. The van der Waals surface area contributed by atoms with Crippen LogP contribution >= 0.6 is 0 Å². The van der Waals surface area contributed by atoms with Crippen molar-refractivity contribution in [3.05, 3.63) is 99.9 Å². The van der Waals surface area contributed by atoms with E-state index in [1.165, 1.54) is 6.33 Å². The van der Waals surface area contributed by atoms with E-state index in [1.807, 2.05) is 67.8 Å². The van der Waals surface area contributed by atoms with Crippen molar-refractivity contribution in [2.45, 2.75) is 57.7 Å². The fraction of sp³-hybridized carbons (Fsp3) is 0.265. The van der Waals surface area contributed by atoms with E-state index in [9.17, 15) is 9.90 Å². The fourth-order valence-electron chi connectivity index (χ4n) is 6.73. The summed E-state index contributed by atoms with van der Waals surface area (Å²) in [5, 5.41) is 16.8. The number of benzene rings is 3. The van der Waals surface area contributed by atoms with Crippen LogP contribution in [0.4, 0.5) is 5.82 Å². The van der Waals surface area contributed by atoms with Crippen molar-refractivity contribution in [1.29, 1.82) is 0 Å². The fourth-order valence-corrected chi connectivity index (χ4v) is 6.73. The zero-order valence-electron chi connectivity index (χ0n) is 24.7. The monoisotopic (exact) mass is 585 g/mol. The molecule has 4 heterocycles. The molecule has 0 saturated heterocycles. The summed E-state index contributed by atoms with van der Waals surface area (Å²) in [6, 6.07) is 19.4. The Labute approximate surface area is 252 Å². The molecule has 3 aromatic carbocycles. The molecule has 1 saturated carbocycles. The lowest BCUT2D eigenvalue weighted by atomic mass is 9.95. The number of aromatic hydroxyl groups is 1. The number of ether oxygens (including phenoxy) is 1. The maximum absolute atomic E-state index is 14.3. The molecule has 3 N–H and O–H groups in total. The molecule has 0 radical (unpaired) electrons. The van der Waals surface area contributed by atoms with Gasteiger partial charge in [0.05, 0.1) is 21.8 Å². The van der Waals surface area contributed by atoms with E-state index in [1.54, 1.807) is 10.7 Å². The van der Waals surface area contributed by atoms with Crippen molar-refractivity contribution in [2.24, 2.45) is 0 Å². The molecule has 44 heavy (non-hydrogen) atoms. The van der Waals surface area contributed by atoms with Crippen LogP contribution in [0.3, 0.4) is 0 Å². The minimum atomic E-state index is -0.490. The Kier molecular flexibility index (Phi) is 5.47. The van der Waals surface area contributed by atoms with E-state index in [-0.39, 0.29) is 17.9 Å². The maximum Gasteiger partial charge on any atom is 0.262 e. The van der Waals surface area contributed by atoms with Crippen molar-refractivity contribution in [1.82, 2.24) is 29.3 Å². The summed E-state index contributed by atoms with van der Waals surface area (Å²) < 4.78 is 9.73. The van der Waals surface area contributed by atoms with E-state index in [4.69, 9.17) is 20.6 Å². The second-order valence-corrected chi connectivity index (χ2v) is 12.5. The first-order valence-corrected chi connectivity index (χ1v) is 14.7. The molecule has 8 rings (SSSR count). The van der Waals surface area contributed by atoms with Crippen LogP contribution in [0, 0.1) is 6.92 Å². The van der Waals surface area contributed by atoms with Gasteiger partial charge in [-0.3, -0.25) is 9.36 Å². The molecule has 6 aromatic rings. The molecule has 2 aliphatic rings. The lowest BCUT2D eigenvalue weighted by Gasteiger charge is -2.23. The first-order chi connectivity index (χ1) is 21.1. The van der Waals surface area contributed by atoms with Gasteiger partial charge in [0.15, 0.2) is 17.1 Å². The van der Waals surface area contributed by atoms with Gasteiger partial charge >= 0.3 is 0 Å². The van der Waals surface area contributed by atoms with Gasteiger partial charge in [-0.05, 0) is 63.4 Å². The molecule has 0 bridgehead atoms. The van der Waals surface area contributed by atoms with Crippen LogP contribution in [-0.4, -0.2) is 40.0 Å². The smallest absolute Gasteiger partial charge is 0.262 e. The van der Waals surface area contributed by atoms with Gasteiger partial charge in [0, 0.05) is 17.5 Å². The Hall–Kier alpha value is -5.25. The van der Waals surface area contributed by atoms with Gasteiger partial charge in [-0.1, -0.05) is 42.0 Å². The number of aromatic nitrogens is 6. The second kappa shape index (κ2) is 9.12. The molecule has 10 heteroatoms. The highest BCUT2D eigenvalue weighted by Crippen LogP contribution is 2.50. The molecule has 1 aliphatic heterocycles. The Balaban J connectivity index is 1.35. The van der Waals surface area contributed by atoms with Crippen LogP contribution in [-0.2, 0) is 18.5 Å². The Morgan fingerprint density at radius 3 is 2.61 bits per heavy atom. The van der Waals surface area contributed by atoms with E-state index >= 15 is 0 Å². The van der Waals surface area contributed by atoms with Crippen molar-refractivity contribution in [2.75, 3.05) is 5.73 Å². The summed E-state index contributed by atoms with van der Waals surface area (Å²) in [6.07, 6.45) is 3.67. The van der Waals surface area contributed by atoms with Gasteiger partial charge in [-0.15, -0.1) is 0 Å². The van der Waals surface area contributed by atoms with Gasteiger partial charge < -0.3 is 15.6 Å². The predicted molar refractivity (Wildman–Crippen MR) is 168 cm³/mol. The van der Waals surface area contributed by atoms with Crippen LogP contribution in [0.5, 0.6) is 11.5 Å². The lowest BCUT2D eigenvalue weighted by Crippen LogP contribution is -2.36. The van der Waals surface area contributed by atoms with Crippen molar-refractivity contribution < 1.29 is 9.84 Å². The molecule has 1 aliphatic carbocycles. The van der Waals surface area contributed by atoms with Gasteiger partial charge in [0.1, 0.15) is 35.8 Å². The molecule has 0 amide bonds. The highest BCUT2D eigenvalue weighted by molar-refractivity contribution is 5.99. The number of anilines is 1. The first kappa shape index (κ1) is 26.4. The lowest BCUT2D eigenvalue weighted by molar-refractivity contribution is 0.134. The average Bonchev–Trinajstić information content (AvgIpc) is 3.61. The molecule has 0 unspecified atom stereocenters. The van der Waals surface area contributed by atoms with E-state index in [0.29, 0.717) is 51.4 Å². The number of hydrogen-bond donors (Lipinski definition) is 2. The van der Waals surface area contributed by atoms with Gasteiger partial charge in [-0.25, -0.2) is 19.6 Å². The summed E-state index contributed by atoms with van der Waals surface area (Å²) >= 11 is 0. The third-order valence-corrected chi connectivity index (χ3v) is 8.88. The topological polar surface area (TPSA) is 134 Å². The Bertz CT molecular complexity index is 2200. The molecule has 1 fully saturated rings. The minimum Gasteiger partial charge on any atom is -0.504 e. The van der Waals surface area contributed by atoms with E-state index in [0.717, 1.165) is 35.1 Å². The summed E-state index contributed by atoms with van der Waals surface area (Å²) in [4.78, 5) is 28.3. The van der Waals surface area contributed by atoms with Crippen LogP contribution in [0.1, 0.15) is 49.2 Å². The van der Waals surface area contributed by atoms with Gasteiger partial charge in [-0.2, -0.15) is 5.10 Å². The quantitative estimate of drug-likeness (QED) is 0.286. The number of phenolic OH excluding ortho intramolecular Hbond substituents is 1. The van der Waals surface area contributed by atoms with E-state index in [2.05, 4.69) is 22.1 Å². The molecular weight excluding hydrogens is 554 g/mol. The number of rotatable bonds is 5. The third kappa shape index (κ3) is 3.90. The summed E-state index contributed by atoms with van der Waals surface area (Å²) in [5.41, 5.74) is 10.9. The molecule has 3 aromatic heterocycles. The number of nitrogen functional groups attached to an aromatic ring is 1. The number of hydrogen-bond acceptors (Lipinski definition) is 8. The van der Waals surface area contributed by atoms with Crippen molar-refractivity contribution in [3.63, 3.8) is 0 Å². The van der Waals surface area contributed by atoms with Gasteiger partial charge in [0.2, 0.25) is 0 Å². The summed E-state index contributed by atoms with van der Waals surface area (Å²) in [6.45, 7) is 6.13. The van der Waals surface area contributed by atoms with Crippen molar-refractivity contribution >= 4 is 27.8 Å². The van der Waals surface area contributed by atoms with E-state index < -0.39 is 11.1 Å². The number of phenols is 1. The van der Waals surface area contributed by atoms with Crippen LogP contribution in [0.25, 0.3) is 33.2 Å². The van der Waals surface area contributed by atoms with Crippen LogP contribution in [0.2, 0.25) is 0 Å². The number of nitrogens with zero attached hydrogens (tertiary/aromatic N) is 6. The molecule has 10 nitrogen and oxygen atoms in total. The zero-order valence-corrected chi connectivity index (χ0v) is 24.7. The molecule has 0 spiro atoms. The summed E-state index contributed by atoms with van der Waals surface area (Å²) in [5.74, 6) is 1.40. The Morgan fingerprint density at radius 1 is 1.05 bits per heavy atom. The molecule has 220 valence electrons. The predicted octanol–water partition coefficient (Wildman–Crippen LogP) is 5.10. The summed E-state index contributed by atoms with van der Waals surface area (Å²) in [7, 11) is 0. The molecule has 0 atom stereocenters. The first-order valence-electron chi connectivity index (χ1n) is 14.7. The number of nitrogens with two attached hydrogens (primary N) is 1.